The second-order valence-corrected chi connectivity index (χ2v) is 7.71. The van der Waals surface area contributed by atoms with E-state index in [2.05, 4.69) is 54.5 Å². The van der Waals surface area contributed by atoms with Crippen molar-refractivity contribution < 1.29 is 4.79 Å². The molecule has 0 bridgehead atoms. The normalized spacial score (nSPS) is 14.9. The predicted molar refractivity (Wildman–Crippen MR) is 118 cm³/mol. The highest BCUT2D eigenvalue weighted by atomic mass is 16.1. The van der Waals surface area contributed by atoms with Crippen LogP contribution in [-0.2, 0) is 0 Å². The number of aryl methyl sites for hydroxylation is 1. The summed E-state index contributed by atoms with van der Waals surface area (Å²) in [6.07, 6.45) is 0. The zero-order valence-corrected chi connectivity index (χ0v) is 17.8. The van der Waals surface area contributed by atoms with Crippen LogP contribution in [-0.4, -0.2) is 86.1 Å². The van der Waals surface area contributed by atoms with Gasteiger partial charge in [0.15, 0.2) is 0 Å². The molecule has 0 atom stereocenters. The summed E-state index contributed by atoms with van der Waals surface area (Å²) in [5.74, 6) is 0.990. The van der Waals surface area contributed by atoms with Gasteiger partial charge in [-0.25, -0.2) is 9.97 Å². The minimum Gasteiger partial charge on any atom is -0.369 e. The van der Waals surface area contributed by atoms with E-state index in [0.29, 0.717) is 17.3 Å². The van der Waals surface area contributed by atoms with E-state index in [1.165, 1.54) is 5.69 Å². The van der Waals surface area contributed by atoms with Crippen molar-refractivity contribution in [1.29, 1.82) is 0 Å². The van der Waals surface area contributed by atoms with Crippen molar-refractivity contribution in [3.63, 3.8) is 0 Å². The third kappa shape index (κ3) is 6.13. The lowest BCUT2D eigenvalue weighted by Gasteiger charge is -2.34. The van der Waals surface area contributed by atoms with Crippen LogP contribution >= 0.6 is 0 Å². The number of benzene rings is 1. The zero-order chi connectivity index (χ0) is 20.8. The Kier molecular flexibility index (Phi) is 7.00. The monoisotopic (exact) mass is 397 g/mol. The van der Waals surface area contributed by atoms with E-state index in [1.54, 1.807) is 13.0 Å². The van der Waals surface area contributed by atoms with Crippen LogP contribution in [0.15, 0.2) is 30.3 Å². The minimum atomic E-state index is -0.237. The van der Waals surface area contributed by atoms with Crippen LogP contribution in [0, 0.1) is 6.92 Å². The fourth-order valence-corrected chi connectivity index (χ4v) is 3.20. The quantitative estimate of drug-likeness (QED) is 0.737. The third-order valence-electron chi connectivity index (χ3n) is 4.93. The lowest BCUT2D eigenvalue weighted by molar-refractivity contribution is 0.102. The SMILES string of the molecule is Cc1nc(NCCN(C)C)cc(C(=O)Nc2ccc(N3CCN(C)CC3)cc2)n1. The maximum atomic E-state index is 12.7. The largest absolute Gasteiger partial charge is 0.369 e. The fraction of sp³-hybridized carbons (Fsp3) is 0.476. The van der Waals surface area contributed by atoms with Crippen molar-refractivity contribution >= 4 is 23.1 Å². The number of anilines is 3. The molecule has 8 nitrogen and oxygen atoms in total. The van der Waals surface area contributed by atoms with Crippen LogP contribution in [0.4, 0.5) is 17.2 Å². The van der Waals surface area contributed by atoms with Gasteiger partial charge in [-0.3, -0.25) is 4.79 Å². The van der Waals surface area contributed by atoms with Gasteiger partial charge in [0.2, 0.25) is 0 Å². The molecule has 8 heteroatoms. The maximum Gasteiger partial charge on any atom is 0.274 e. The van der Waals surface area contributed by atoms with Gasteiger partial charge in [-0.15, -0.1) is 0 Å². The molecule has 1 aliphatic rings. The van der Waals surface area contributed by atoms with Gasteiger partial charge in [-0.1, -0.05) is 0 Å². The van der Waals surface area contributed by atoms with Crippen LogP contribution < -0.4 is 15.5 Å². The smallest absolute Gasteiger partial charge is 0.274 e. The summed E-state index contributed by atoms with van der Waals surface area (Å²) in [7, 11) is 6.18. The number of carbonyl (C=O) groups is 1. The number of nitrogens with one attached hydrogen (secondary N) is 2. The van der Waals surface area contributed by atoms with Gasteiger partial charge in [-0.05, 0) is 52.3 Å². The average molecular weight is 398 g/mol. The second kappa shape index (κ2) is 9.67. The molecule has 156 valence electrons. The summed E-state index contributed by atoms with van der Waals surface area (Å²) in [6, 6.07) is 9.68. The van der Waals surface area contributed by atoms with Gasteiger partial charge in [-0.2, -0.15) is 0 Å². The van der Waals surface area contributed by atoms with E-state index in [0.717, 1.165) is 45.0 Å². The Morgan fingerprint density at radius 1 is 1.10 bits per heavy atom. The van der Waals surface area contributed by atoms with E-state index in [9.17, 15) is 4.79 Å². The second-order valence-electron chi connectivity index (χ2n) is 7.71. The summed E-state index contributed by atoms with van der Waals surface area (Å²) < 4.78 is 0. The molecule has 0 aliphatic carbocycles. The number of aromatic nitrogens is 2. The molecule has 2 aromatic rings. The first-order valence-corrected chi connectivity index (χ1v) is 10.00. The van der Waals surface area contributed by atoms with Crippen molar-refractivity contribution in [2.24, 2.45) is 0 Å². The molecule has 3 rings (SSSR count). The van der Waals surface area contributed by atoms with Crippen molar-refractivity contribution in [2.45, 2.75) is 6.92 Å². The molecule has 1 aliphatic heterocycles. The molecule has 1 aromatic heterocycles. The molecule has 0 unspecified atom stereocenters. The number of carbonyl (C=O) groups excluding carboxylic acids is 1. The molecule has 2 N–H and O–H groups in total. The fourth-order valence-electron chi connectivity index (χ4n) is 3.20. The van der Waals surface area contributed by atoms with Gasteiger partial charge >= 0.3 is 0 Å². The van der Waals surface area contributed by atoms with E-state index >= 15 is 0 Å². The van der Waals surface area contributed by atoms with E-state index in [1.807, 2.05) is 26.2 Å². The van der Waals surface area contributed by atoms with Gasteiger partial charge in [0.05, 0.1) is 0 Å². The molecular weight excluding hydrogens is 366 g/mol. The van der Waals surface area contributed by atoms with Crippen LogP contribution in [0.25, 0.3) is 0 Å². The van der Waals surface area contributed by atoms with Crippen LogP contribution in [0.3, 0.4) is 0 Å². The Morgan fingerprint density at radius 2 is 1.79 bits per heavy atom. The van der Waals surface area contributed by atoms with Crippen molar-refractivity contribution in [1.82, 2.24) is 19.8 Å². The highest BCUT2D eigenvalue weighted by molar-refractivity contribution is 6.03. The molecule has 1 fully saturated rings. The van der Waals surface area contributed by atoms with E-state index in [4.69, 9.17) is 0 Å². The highest BCUT2D eigenvalue weighted by Crippen LogP contribution is 2.20. The van der Waals surface area contributed by atoms with E-state index < -0.39 is 0 Å². The molecule has 1 amide bonds. The first-order valence-electron chi connectivity index (χ1n) is 10.00. The van der Waals surface area contributed by atoms with Crippen LogP contribution in [0.1, 0.15) is 16.3 Å². The average Bonchev–Trinajstić information content (AvgIpc) is 2.68. The number of piperazine rings is 1. The number of hydrogen-bond acceptors (Lipinski definition) is 7. The summed E-state index contributed by atoms with van der Waals surface area (Å²) >= 11 is 0. The highest BCUT2D eigenvalue weighted by Gasteiger charge is 2.15. The summed E-state index contributed by atoms with van der Waals surface area (Å²) in [4.78, 5) is 28.1. The van der Waals surface area contributed by atoms with Gasteiger partial charge in [0.25, 0.3) is 5.91 Å². The molecule has 0 radical (unpaired) electrons. The number of likely N-dealkylation sites (N-methyl/N-ethyl adjacent to an activating group) is 2. The lowest BCUT2D eigenvalue weighted by Crippen LogP contribution is -2.44. The molecule has 1 saturated heterocycles. The lowest BCUT2D eigenvalue weighted by atomic mass is 10.2. The zero-order valence-electron chi connectivity index (χ0n) is 17.8. The van der Waals surface area contributed by atoms with Gasteiger partial charge in [0.1, 0.15) is 17.3 Å². The Morgan fingerprint density at radius 3 is 2.45 bits per heavy atom. The number of nitrogens with zero attached hydrogens (tertiary/aromatic N) is 5. The minimum absolute atomic E-state index is 0.237. The van der Waals surface area contributed by atoms with Crippen molar-refractivity contribution in [2.75, 3.05) is 75.9 Å². The molecule has 0 spiro atoms. The number of hydrogen-bond donors (Lipinski definition) is 2. The van der Waals surface area contributed by atoms with Crippen molar-refractivity contribution in [3.05, 3.63) is 41.9 Å². The Bertz CT molecular complexity index is 814. The topological polar surface area (TPSA) is 76.6 Å². The summed E-state index contributed by atoms with van der Waals surface area (Å²) in [6.45, 7) is 7.59. The Hall–Kier alpha value is -2.71. The van der Waals surface area contributed by atoms with Crippen LogP contribution in [0.2, 0.25) is 0 Å². The molecule has 1 aromatic carbocycles. The Balaban J connectivity index is 1.61. The molecule has 2 heterocycles. The maximum absolute atomic E-state index is 12.7. The Labute approximate surface area is 172 Å². The summed E-state index contributed by atoms with van der Waals surface area (Å²) in [5.41, 5.74) is 2.29. The van der Waals surface area contributed by atoms with Gasteiger partial charge < -0.3 is 25.3 Å². The van der Waals surface area contributed by atoms with E-state index in [-0.39, 0.29) is 5.91 Å². The standard InChI is InChI=1S/C21H31N7O/c1-16-23-19(15-20(24-16)22-9-10-26(2)3)21(29)25-17-5-7-18(8-6-17)28-13-11-27(4)12-14-28/h5-8,15H,9-14H2,1-4H3,(H,25,29)(H,22,23,24). The first-order chi connectivity index (χ1) is 13.9. The number of amides is 1. The molecule has 0 saturated carbocycles. The van der Waals surface area contributed by atoms with Gasteiger partial charge in [0, 0.05) is 56.7 Å². The third-order valence-corrected chi connectivity index (χ3v) is 4.93. The van der Waals surface area contributed by atoms with Crippen molar-refractivity contribution in [3.8, 4) is 0 Å². The molecular formula is C21H31N7O. The first kappa shape index (κ1) is 21.0. The summed E-state index contributed by atoms with van der Waals surface area (Å²) in [5, 5.41) is 6.17. The molecule has 29 heavy (non-hydrogen) atoms. The number of rotatable bonds is 7. The predicted octanol–water partition coefficient (Wildman–Crippen LogP) is 1.76. The van der Waals surface area contributed by atoms with Crippen LogP contribution in [0.5, 0.6) is 0 Å².